The van der Waals surface area contributed by atoms with Crippen LogP contribution in [0.2, 0.25) is 0 Å². The van der Waals surface area contributed by atoms with Crippen LogP contribution in [0.15, 0.2) is 72.9 Å². The average molecular weight is 443 g/mol. The molecule has 0 bridgehead atoms. The Balaban J connectivity index is 1.49. The molecule has 0 aliphatic carbocycles. The topological polar surface area (TPSA) is 41.4 Å². The lowest BCUT2D eigenvalue weighted by Gasteiger charge is -2.42. The molecule has 5 nitrogen and oxygen atoms in total. The number of aromatic nitrogens is 2. The largest absolute Gasteiger partial charge is 0.333 e. The van der Waals surface area contributed by atoms with Crippen molar-refractivity contribution in [2.75, 3.05) is 19.6 Å². The van der Waals surface area contributed by atoms with E-state index in [2.05, 4.69) is 53.3 Å². The smallest absolute Gasteiger partial charge is 0.220 e. The number of halogens is 1. The summed E-state index contributed by atoms with van der Waals surface area (Å²) in [5.41, 5.74) is 5.32. The highest BCUT2D eigenvalue weighted by Gasteiger charge is 2.31. The van der Waals surface area contributed by atoms with Gasteiger partial charge in [-0.2, -0.15) is 5.10 Å². The molecule has 1 aliphatic heterocycles. The predicted octanol–water partition coefficient (Wildman–Crippen LogP) is 4.88. The molecule has 0 N–H and O–H groups in total. The minimum Gasteiger partial charge on any atom is -0.333 e. The Morgan fingerprint density at radius 3 is 2.55 bits per heavy atom. The molecular formula is C27H27FN4O. The van der Waals surface area contributed by atoms with E-state index in [1.54, 1.807) is 19.1 Å². The Kier molecular flexibility index (Phi) is 5.68. The summed E-state index contributed by atoms with van der Waals surface area (Å²) in [6.07, 6.45) is 1.84. The number of amides is 1. The van der Waals surface area contributed by atoms with Gasteiger partial charge in [0.15, 0.2) is 0 Å². The van der Waals surface area contributed by atoms with E-state index in [4.69, 9.17) is 0 Å². The quantitative estimate of drug-likeness (QED) is 0.452. The maximum Gasteiger partial charge on any atom is 0.220 e. The fraction of sp³-hybridized carbons (Fsp3) is 0.259. The number of hydrogen-bond acceptors (Lipinski definition) is 3. The molecule has 1 aliphatic rings. The number of fused-ring (bicyclic) bond motifs is 1. The second kappa shape index (κ2) is 8.79. The first-order chi connectivity index (χ1) is 16.0. The Labute approximate surface area is 193 Å². The van der Waals surface area contributed by atoms with E-state index in [1.165, 1.54) is 17.7 Å². The third-order valence-electron chi connectivity index (χ3n) is 6.50. The molecule has 0 radical (unpaired) electrons. The van der Waals surface area contributed by atoms with Crippen molar-refractivity contribution in [2.24, 2.45) is 0 Å². The van der Waals surface area contributed by atoms with E-state index in [9.17, 15) is 9.18 Å². The van der Waals surface area contributed by atoms with Crippen LogP contribution in [0.3, 0.4) is 0 Å². The van der Waals surface area contributed by atoms with Crippen LogP contribution in [0.1, 0.15) is 29.7 Å². The van der Waals surface area contributed by atoms with Crippen molar-refractivity contribution in [2.45, 2.75) is 26.4 Å². The Bertz CT molecular complexity index is 1280. The van der Waals surface area contributed by atoms with Crippen LogP contribution in [-0.4, -0.2) is 45.1 Å². The highest BCUT2D eigenvalue weighted by molar-refractivity contribution is 5.82. The van der Waals surface area contributed by atoms with Gasteiger partial charge in [-0.1, -0.05) is 30.3 Å². The van der Waals surface area contributed by atoms with E-state index < -0.39 is 0 Å². The summed E-state index contributed by atoms with van der Waals surface area (Å²) in [5, 5.41) is 5.55. The summed E-state index contributed by atoms with van der Waals surface area (Å²) < 4.78 is 15.2. The summed E-state index contributed by atoms with van der Waals surface area (Å²) in [5.74, 6) is -0.170. The minimum atomic E-state index is -0.268. The SMILES string of the molecule is CC(=O)N1CCN(Cc2ccccc2)C[C@@H]1c1cc2cnn(-c3ccc(F)cc3)c2cc1C. The van der Waals surface area contributed by atoms with Crippen molar-refractivity contribution >= 4 is 16.8 Å². The van der Waals surface area contributed by atoms with E-state index in [-0.39, 0.29) is 17.8 Å². The first kappa shape index (κ1) is 21.3. The van der Waals surface area contributed by atoms with Crippen LogP contribution in [0.4, 0.5) is 4.39 Å². The molecule has 1 aromatic heterocycles. The number of nitrogens with zero attached hydrogens (tertiary/aromatic N) is 4. The standard InChI is InChI=1S/C27H27FN4O/c1-19-14-26-22(16-29-32(26)24-10-8-23(28)9-11-24)15-25(19)27-18-30(12-13-31(27)20(2)33)17-21-6-4-3-5-7-21/h3-11,14-16,27H,12-13,17-18H2,1-2H3/t27-/m1/s1. The van der Waals surface area contributed by atoms with Gasteiger partial charge in [0.1, 0.15) is 5.82 Å². The third-order valence-corrected chi connectivity index (χ3v) is 6.50. The number of carbonyl (C=O) groups is 1. The zero-order valence-electron chi connectivity index (χ0n) is 18.9. The third kappa shape index (κ3) is 4.26. The maximum absolute atomic E-state index is 13.4. The van der Waals surface area contributed by atoms with Crippen molar-refractivity contribution in [3.8, 4) is 5.69 Å². The number of carbonyl (C=O) groups excluding carboxylic acids is 1. The lowest BCUT2D eigenvalue weighted by Crippen LogP contribution is -2.49. The minimum absolute atomic E-state index is 0.0152. The van der Waals surface area contributed by atoms with E-state index >= 15 is 0 Å². The van der Waals surface area contributed by atoms with Crippen molar-refractivity contribution in [1.29, 1.82) is 0 Å². The molecule has 33 heavy (non-hydrogen) atoms. The second-order valence-corrected chi connectivity index (χ2v) is 8.75. The monoisotopic (exact) mass is 442 g/mol. The van der Waals surface area contributed by atoms with Crippen LogP contribution in [0.25, 0.3) is 16.6 Å². The lowest BCUT2D eigenvalue weighted by atomic mass is 9.95. The van der Waals surface area contributed by atoms with Crippen molar-refractivity contribution < 1.29 is 9.18 Å². The summed E-state index contributed by atoms with van der Waals surface area (Å²) >= 11 is 0. The molecule has 0 saturated carbocycles. The van der Waals surface area contributed by atoms with Crippen LogP contribution >= 0.6 is 0 Å². The van der Waals surface area contributed by atoms with Crippen molar-refractivity contribution in [3.05, 3.63) is 95.4 Å². The number of rotatable bonds is 4. The van der Waals surface area contributed by atoms with Gasteiger partial charge in [0, 0.05) is 38.5 Å². The summed E-state index contributed by atoms with van der Waals surface area (Å²) in [6.45, 7) is 6.96. The molecule has 6 heteroatoms. The molecular weight excluding hydrogens is 415 g/mol. The van der Waals surface area contributed by atoms with Gasteiger partial charge in [-0.3, -0.25) is 9.69 Å². The van der Waals surface area contributed by atoms with Gasteiger partial charge >= 0.3 is 0 Å². The van der Waals surface area contributed by atoms with Crippen LogP contribution in [0.5, 0.6) is 0 Å². The van der Waals surface area contributed by atoms with E-state index in [1.807, 2.05) is 21.8 Å². The lowest BCUT2D eigenvalue weighted by molar-refractivity contribution is -0.134. The molecule has 168 valence electrons. The molecule has 0 unspecified atom stereocenters. The van der Waals surface area contributed by atoms with E-state index in [0.29, 0.717) is 6.54 Å². The van der Waals surface area contributed by atoms with Gasteiger partial charge in [-0.05, 0) is 60.0 Å². The van der Waals surface area contributed by atoms with Gasteiger partial charge in [-0.15, -0.1) is 0 Å². The molecule has 1 saturated heterocycles. The van der Waals surface area contributed by atoms with Crippen molar-refractivity contribution in [1.82, 2.24) is 19.6 Å². The van der Waals surface area contributed by atoms with Gasteiger partial charge < -0.3 is 4.90 Å². The predicted molar refractivity (Wildman–Crippen MR) is 128 cm³/mol. The Morgan fingerprint density at radius 1 is 1.06 bits per heavy atom. The van der Waals surface area contributed by atoms with Gasteiger partial charge in [0.2, 0.25) is 5.91 Å². The van der Waals surface area contributed by atoms with Gasteiger partial charge in [0.05, 0.1) is 23.4 Å². The van der Waals surface area contributed by atoms with Crippen LogP contribution in [0, 0.1) is 12.7 Å². The number of benzene rings is 3. The number of aryl methyl sites for hydroxylation is 1. The van der Waals surface area contributed by atoms with E-state index in [0.717, 1.165) is 47.4 Å². The first-order valence-electron chi connectivity index (χ1n) is 11.3. The van der Waals surface area contributed by atoms with Gasteiger partial charge in [0.25, 0.3) is 0 Å². The Morgan fingerprint density at radius 2 is 1.82 bits per heavy atom. The molecule has 4 aromatic rings. The maximum atomic E-state index is 13.4. The fourth-order valence-electron chi connectivity index (χ4n) is 4.81. The van der Waals surface area contributed by atoms with Crippen molar-refractivity contribution in [3.63, 3.8) is 0 Å². The normalized spacial score (nSPS) is 16.9. The number of hydrogen-bond donors (Lipinski definition) is 0. The Hall–Kier alpha value is -3.51. The van der Waals surface area contributed by atoms with Crippen LogP contribution in [-0.2, 0) is 11.3 Å². The molecule has 5 rings (SSSR count). The zero-order valence-corrected chi connectivity index (χ0v) is 18.9. The van der Waals surface area contributed by atoms with Crippen LogP contribution < -0.4 is 0 Å². The zero-order chi connectivity index (χ0) is 22.9. The molecule has 0 spiro atoms. The fourth-order valence-corrected chi connectivity index (χ4v) is 4.81. The first-order valence-corrected chi connectivity index (χ1v) is 11.3. The summed E-state index contributed by atoms with van der Waals surface area (Å²) in [7, 11) is 0. The summed E-state index contributed by atoms with van der Waals surface area (Å²) in [4.78, 5) is 16.9. The van der Waals surface area contributed by atoms with Gasteiger partial charge in [-0.25, -0.2) is 9.07 Å². The molecule has 2 heterocycles. The molecule has 1 atom stereocenters. The number of piperazine rings is 1. The highest BCUT2D eigenvalue weighted by atomic mass is 19.1. The average Bonchev–Trinajstić information content (AvgIpc) is 3.22. The molecule has 1 amide bonds. The highest BCUT2D eigenvalue weighted by Crippen LogP contribution is 2.32. The second-order valence-electron chi connectivity index (χ2n) is 8.75. The summed E-state index contributed by atoms with van der Waals surface area (Å²) in [6, 6.07) is 21.1. The molecule has 3 aromatic carbocycles. The molecule has 1 fully saturated rings.